The predicted molar refractivity (Wildman–Crippen MR) is 71.9 cm³/mol. The van der Waals surface area contributed by atoms with Crippen LogP contribution in [0.1, 0.15) is 0 Å². The van der Waals surface area contributed by atoms with Crippen LogP contribution in [0.15, 0.2) is 37.1 Å². The maximum absolute atomic E-state index is 11.9. The summed E-state index contributed by atoms with van der Waals surface area (Å²) in [7, 11) is -0.247. The average molecular weight is 295 g/mol. The van der Waals surface area contributed by atoms with E-state index in [1.165, 1.54) is 20.5 Å². The normalized spacial score (nSPS) is 11.5. The molecule has 0 saturated heterocycles. The van der Waals surface area contributed by atoms with Crippen molar-refractivity contribution in [2.75, 3.05) is 20.4 Å². The average Bonchev–Trinajstić information content (AvgIpc) is 2.54. The highest BCUT2D eigenvalue weighted by Gasteiger charge is 2.23. The van der Waals surface area contributed by atoms with Gasteiger partial charge in [0, 0.05) is 32.0 Å². The van der Waals surface area contributed by atoms with Crippen molar-refractivity contribution in [1.29, 1.82) is 0 Å². The van der Waals surface area contributed by atoms with Crippen molar-refractivity contribution in [1.82, 2.24) is 15.1 Å². The lowest BCUT2D eigenvalue weighted by molar-refractivity contribution is -0.750. The number of rotatable bonds is 6. The SMILES string of the molecule is COP(=O)(CC[n+]1ccc(-c2ccncn2)cn1)OC. The molecule has 2 heterocycles. The Hall–Kier alpha value is -1.69. The van der Waals surface area contributed by atoms with Crippen LogP contribution in [0.4, 0.5) is 0 Å². The molecule has 0 aliphatic rings. The molecule has 7 nitrogen and oxygen atoms in total. The van der Waals surface area contributed by atoms with Gasteiger partial charge in [0.05, 0.1) is 5.69 Å². The Balaban J connectivity index is 2.04. The highest BCUT2D eigenvalue weighted by Crippen LogP contribution is 2.45. The van der Waals surface area contributed by atoms with Crippen molar-refractivity contribution in [2.24, 2.45) is 0 Å². The van der Waals surface area contributed by atoms with Gasteiger partial charge in [0.1, 0.15) is 18.7 Å². The first-order chi connectivity index (χ1) is 9.67. The Morgan fingerprint density at radius 2 is 2.10 bits per heavy atom. The molecule has 0 atom stereocenters. The quantitative estimate of drug-likeness (QED) is 0.590. The maximum Gasteiger partial charge on any atom is 0.336 e. The number of nitrogens with zero attached hydrogens (tertiary/aromatic N) is 4. The van der Waals surface area contributed by atoms with Crippen molar-refractivity contribution < 1.29 is 18.3 Å². The van der Waals surface area contributed by atoms with E-state index in [2.05, 4.69) is 15.1 Å². The summed E-state index contributed by atoms with van der Waals surface area (Å²) in [6.07, 6.45) is 6.94. The van der Waals surface area contributed by atoms with E-state index in [4.69, 9.17) is 9.05 Å². The van der Waals surface area contributed by atoms with Crippen molar-refractivity contribution >= 4 is 7.60 Å². The Morgan fingerprint density at radius 3 is 2.65 bits per heavy atom. The first kappa shape index (κ1) is 14.7. The number of hydrogen-bond acceptors (Lipinski definition) is 6. The number of hydrogen-bond donors (Lipinski definition) is 0. The van der Waals surface area contributed by atoms with Crippen LogP contribution in [0.25, 0.3) is 11.3 Å². The van der Waals surface area contributed by atoms with Crippen LogP contribution in [0.5, 0.6) is 0 Å². The van der Waals surface area contributed by atoms with E-state index in [1.807, 2.05) is 12.1 Å². The molecular weight excluding hydrogens is 279 g/mol. The van der Waals surface area contributed by atoms with Gasteiger partial charge in [-0.1, -0.05) is 4.68 Å². The highest BCUT2D eigenvalue weighted by atomic mass is 31.2. The molecule has 8 heteroatoms. The fourth-order valence-corrected chi connectivity index (χ4v) is 2.58. The molecule has 2 aromatic rings. The summed E-state index contributed by atoms with van der Waals surface area (Å²) >= 11 is 0. The number of aryl methyl sites for hydroxylation is 1. The van der Waals surface area contributed by atoms with Gasteiger partial charge in [0.25, 0.3) is 0 Å². The summed E-state index contributed by atoms with van der Waals surface area (Å²) in [4.78, 5) is 8.01. The number of aromatic nitrogens is 4. The minimum absolute atomic E-state index is 0.268. The minimum Gasteiger partial charge on any atom is -0.312 e. The van der Waals surface area contributed by atoms with Gasteiger partial charge in [0.15, 0.2) is 12.7 Å². The smallest absolute Gasteiger partial charge is 0.312 e. The Kier molecular flexibility index (Phi) is 4.89. The standard InChI is InChI=1S/C12H16N4O3P/c1-18-20(17,19-2)8-7-16-6-4-11(9-15-16)12-3-5-13-10-14-12/h3-6,9-10H,7-8H2,1-2H3/q+1. The largest absolute Gasteiger partial charge is 0.336 e. The molecule has 0 unspecified atom stereocenters. The van der Waals surface area contributed by atoms with Crippen LogP contribution >= 0.6 is 7.60 Å². The fraction of sp³-hybridized carbons (Fsp3) is 0.333. The molecule has 0 fully saturated rings. The summed E-state index contributed by atoms with van der Waals surface area (Å²) in [6.45, 7) is 0.447. The molecule has 0 amide bonds. The van der Waals surface area contributed by atoms with E-state index >= 15 is 0 Å². The van der Waals surface area contributed by atoms with E-state index in [0.29, 0.717) is 6.54 Å². The molecule has 0 bridgehead atoms. The first-order valence-electron chi connectivity index (χ1n) is 5.99. The van der Waals surface area contributed by atoms with Gasteiger partial charge in [0.2, 0.25) is 0 Å². The Morgan fingerprint density at radius 1 is 1.30 bits per heavy atom. The van der Waals surface area contributed by atoms with Gasteiger partial charge in [-0.25, -0.2) is 9.97 Å². The monoisotopic (exact) mass is 295 g/mol. The Bertz CT molecular complexity index is 583. The van der Waals surface area contributed by atoms with Crippen LogP contribution in [-0.2, 0) is 20.2 Å². The van der Waals surface area contributed by atoms with Gasteiger partial charge in [-0.3, -0.25) is 4.57 Å². The van der Waals surface area contributed by atoms with Crippen molar-refractivity contribution in [2.45, 2.75) is 6.54 Å². The molecule has 0 spiro atoms. The topological polar surface area (TPSA) is 78.1 Å². The first-order valence-corrected chi connectivity index (χ1v) is 7.72. The molecule has 0 aliphatic heterocycles. The minimum atomic E-state index is -3.00. The molecular formula is C12H16N4O3P+. The zero-order valence-electron chi connectivity index (χ0n) is 11.3. The van der Waals surface area contributed by atoms with Gasteiger partial charge in [-0.2, -0.15) is 0 Å². The van der Waals surface area contributed by atoms with Gasteiger partial charge in [-0.05, 0) is 11.2 Å². The van der Waals surface area contributed by atoms with Crippen LogP contribution in [0.2, 0.25) is 0 Å². The van der Waals surface area contributed by atoms with E-state index < -0.39 is 7.60 Å². The third-order valence-electron chi connectivity index (χ3n) is 2.81. The zero-order valence-corrected chi connectivity index (χ0v) is 12.2. The van der Waals surface area contributed by atoms with Crippen LogP contribution in [-0.4, -0.2) is 35.4 Å². The third kappa shape index (κ3) is 3.66. The summed E-state index contributed by atoms with van der Waals surface area (Å²) in [6, 6.07) is 3.70. The summed E-state index contributed by atoms with van der Waals surface area (Å²) in [5.74, 6) is 0. The lowest BCUT2D eigenvalue weighted by Gasteiger charge is -2.10. The van der Waals surface area contributed by atoms with Gasteiger partial charge in [-0.15, -0.1) is 0 Å². The van der Waals surface area contributed by atoms with E-state index in [-0.39, 0.29) is 6.16 Å². The third-order valence-corrected chi connectivity index (χ3v) is 4.67. The molecule has 0 N–H and O–H groups in total. The van der Waals surface area contributed by atoms with Crippen LogP contribution in [0.3, 0.4) is 0 Å². The molecule has 0 radical (unpaired) electrons. The summed E-state index contributed by atoms with van der Waals surface area (Å²) < 4.78 is 23.3. The molecule has 0 saturated carbocycles. The van der Waals surface area contributed by atoms with Crippen molar-refractivity contribution in [3.8, 4) is 11.3 Å². The summed E-state index contributed by atoms with van der Waals surface area (Å²) in [5.41, 5.74) is 1.70. The second kappa shape index (κ2) is 6.65. The lowest BCUT2D eigenvalue weighted by atomic mass is 10.2. The van der Waals surface area contributed by atoms with Crippen molar-refractivity contribution in [3.63, 3.8) is 0 Å². The maximum atomic E-state index is 11.9. The molecule has 2 aromatic heterocycles. The molecule has 2 rings (SSSR count). The van der Waals surface area contributed by atoms with Gasteiger partial charge >= 0.3 is 7.60 Å². The molecule has 0 aliphatic carbocycles. The van der Waals surface area contributed by atoms with E-state index in [0.717, 1.165) is 11.3 Å². The molecule has 0 aromatic carbocycles. The predicted octanol–water partition coefficient (Wildman–Crippen LogP) is 1.31. The molecule has 20 heavy (non-hydrogen) atoms. The van der Waals surface area contributed by atoms with E-state index in [9.17, 15) is 4.57 Å². The molecule has 106 valence electrons. The van der Waals surface area contributed by atoms with Gasteiger partial charge < -0.3 is 9.05 Å². The summed E-state index contributed by atoms with van der Waals surface area (Å²) in [5, 5.41) is 4.25. The second-order valence-corrected chi connectivity index (χ2v) is 6.37. The van der Waals surface area contributed by atoms with Crippen molar-refractivity contribution in [3.05, 3.63) is 37.1 Å². The Labute approximate surface area is 117 Å². The second-order valence-electron chi connectivity index (χ2n) is 3.97. The van der Waals surface area contributed by atoms with Crippen LogP contribution in [0, 0.1) is 0 Å². The highest BCUT2D eigenvalue weighted by molar-refractivity contribution is 7.53. The lowest BCUT2D eigenvalue weighted by Crippen LogP contribution is -2.39. The van der Waals surface area contributed by atoms with E-state index in [1.54, 1.807) is 23.3 Å². The zero-order chi connectivity index (χ0) is 14.4. The fourth-order valence-electron chi connectivity index (χ4n) is 1.61. The van der Waals surface area contributed by atoms with Crippen LogP contribution < -0.4 is 4.68 Å².